The minimum absolute atomic E-state index is 0.0630. The van der Waals surface area contributed by atoms with E-state index in [1.807, 2.05) is 23.1 Å². The second kappa shape index (κ2) is 7.00. The van der Waals surface area contributed by atoms with E-state index in [0.29, 0.717) is 24.1 Å². The summed E-state index contributed by atoms with van der Waals surface area (Å²) in [6, 6.07) is 8.18. The molecular weight excluding hydrogens is 316 g/mol. The molecular formula is C20H24N2O3. The Hall–Kier alpha value is -2.14. The highest BCUT2D eigenvalue weighted by molar-refractivity contribution is 6.05. The van der Waals surface area contributed by atoms with Gasteiger partial charge in [-0.2, -0.15) is 0 Å². The monoisotopic (exact) mass is 340 g/mol. The lowest BCUT2D eigenvalue weighted by Gasteiger charge is -2.34. The van der Waals surface area contributed by atoms with Gasteiger partial charge in [0.15, 0.2) is 11.6 Å². The van der Waals surface area contributed by atoms with Crippen molar-refractivity contribution in [2.75, 3.05) is 25.2 Å². The number of oxazole rings is 1. The third kappa shape index (κ3) is 3.09. The Morgan fingerprint density at radius 1 is 1.32 bits per heavy atom. The first kappa shape index (κ1) is 16.3. The van der Waals surface area contributed by atoms with E-state index in [2.05, 4.69) is 11.1 Å². The Bertz CT molecular complexity index is 751. The van der Waals surface area contributed by atoms with Gasteiger partial charge in [-0.05, 0) is 43.2 Å². The zero-order valence-electron chi connectivity index (χ0n) is 14.6. The van der Waals surface area contributed by atoms with Crippen LogP contribution in [0.1, 0.15) is 65.9 Å². The molecule has 1 fully saturated rings. The number of methoxy groups -OCH3 is 1. The molecule has 4 rings (SSSR count). The number of nitrogens with zero attached hydrogens (tertiary/aromatic N) is 2. The second-order valence-electron chi connectivity index (χ2n) is 6.98. The van der Waals surface area contributed by atoms with E-state index < -0.39 is 0 Å². The first-order valence-corrected chi connectivity index (χ1v) is 9.13. The number of hydrogen-bond acceptors (Lipinski definition) is 4. The van der Waals surface area contributed by atoms with Crippen LogP contribution in [0.2, 0.25) is 0 Å². The minimum atomic E-state index is -0.0630. The molecule has 1 aromatic carbocycles. The van der Waals surface area contributed by atoms with E-state index in [9.17, 15) is 4.79 Å². The van der Waals surface area contributed by atoms with Crippen LogP contribution in [0.25, 0.3) is 0 Å². The fourth-order valence-corrected chi connectivity index (χ4v) is 3.78. The molecule has 5 nitrogen and oxygen atoms in total. The summed E-state index contributed by atoms with van der Waals surface area (Å²) in [5.74, 6) is 1.49. The smallest absolute Gasteiger partial charge is 0.280 e. The van der Waals surface area contributed by atoms with Crippen LogP contribution in [0.5, 0.6) is 0 Å². The van der Waals surface area contributed by atoms with Crippen LogP contribution in [0, 0.1) is 0 Å². The van der Waals surface area contributed by atoms with Gasteiger partial charge in [-0.25, -0.2) is 4.98 Å². The number of anilines is 1. The molecule has 1 saturated carbocycles. The molecule has 25 heavy (non-hydrogen) atoms. The van der Waals surface area contributed by atoms with Crippen LogP contribution in [-0.2, 0) is 4.74 Å². The molecule has 5 heteroatoms. The zero-order chi connectivity index (χ0) is 17.2. The van der Waals surface area contributed by atoms with Gasteiger partial charge in [0.2, 0.25) is 0 Å². The normalized spacial score (nSPS) is 20.2. The van der Waals surface area contributed by atoms with Crippen molar-refractivity contribution in [3.63, 3.8) is 0 Å². The number of para-hydroxylation sites is 1. The highest BCUT2D eigenvalue weighted by Gasteiger charge is 2.31. The quantitative estimate of drug-likeness (QED) is 0.822. The molecule has 132 valence electrons. The standard InChI is InChI=1S/C20H24N2O3/c1-24-12-10-14-9-11-22(18-8-3-2-7-16(14)18)20(23)17-13-25-19(21-17)15-5-4-6-15/h2-3,7-8,13-15H,4-6,9-12H2,1H3. The summed E-state index contributed by atoms with van der Waals surface area (Å²) in [6.45, 7) is 1.44. The van der Waals surface area contributed by atoms with Gasteiger partial charge in [-0.1, -0.05) is 24.6 Å². The van der Waals surface area contributed by atoms with Crippen LogP contribution in [-0.4, -0.2) is 31.2 Å². The van der Waals surface area contributed by atoms with E-state index >= 15 is 0 Å². The molecule has 1 aromatic heterocycles. The van der Waals surface area contributed by atoms with Gasteiger partial charge in [-0.3, -0.25) is 4.79 Å². The summed E-state index contributed by atoms with van der Waals surface area (Å²) in [4.78, 5) is 19.3. The van der Waals surface area contributed by atoms with E-state index in [1.165, 1.54) is 18.2 Å². The first-order chi connectivity index (χ1) is 12.3. The Morgan fingerprint density at radius 2 is 2.16 bits per heavy atom. The van der Waals surface area contributed by atoms with Crippen molar-refractivity contribution >= 4 is 11.6 Å². The van der Waals surface area contributed by atoms with Gasteiger partial charge in [0.05, 0.1) is 0 Å². The fourth-order valence-electron chi connectivity index (χ4n) is 3.78. The van der Waals surface area contributed by atoms with Crippen LogP contribution in [0.4, 0.5) is 5.69 Å². The van der Waals surface area contributed by atoms with Gasteiger partial charge < -0.3 is 14.1 Å². The number of rotatable bonds is 5. The molecule has 1 atom stereocenters. The topological polar surface area (TPSA) is 55.6 Å². The molecule has 1 aliphatic heterocycles. The van der Waals surface area contributed by atoms with Crippen molar-refractivity contribution in [2.45, 2.75) is 43.9 Å². The van der Waals surface area contributed by atoms with E-state index in [4.69, 9.17) is 9.15 Å². The number of amides is 1. The predicted molar refractivity (Wildman–Crippen MR) is 95.1 cm³/mol. The number of aromatic nitrogens is 1. The maximum atomic E-state index is 13.0. The molecule has 0 radical (unpaired) electrons. The molecule has 0 N–H and O–H groups in total. The molecule has 2 aromatic rings. The maximum Gasteiger partial charge on any atom is 0.280 e. The average molecular weight is 340 g/mol. The number of hydrogen-bond donors (Lipinski definition) is 0. The SMILES string of the molecule is COCCC1CCN(C(=O)c2coc(C3CCC3)n2)c2ccccc21. The van der Waals surface area contributed by atoms with Crippen LogP contribution >= 0.6 is 0 Å². The summed E-state index contributed by atoms with van der Waals surface area (Å²) in [7, 11) is 1.73. The number of carbonyl (C=O) groups is 1. The minimum Gasteiger partial charge on any atom is -0.448 e. The van der Waals surface area contributed by atoms with Crippen LogP contribution < -0.4 is 4.90 Å². The molecule has 0 spiro atoms. The number of benzene rings is 1. The van der Waals surface area contributed by atoms with Gasteiger partial charge in [-0.15, -0.1) is 0 Å². The molecule has 1 amide bonds. The number of fused-ring (bicyclic) bond motifs is 1. The van der Waals surface area contributed by atoms with Crippen molar-refractivity contribution in [3.05, 3.63) is 47.7 Å². The van der Waals surface area contributed by atoms with E-state index in [-0.39, 0.29) is 5.91 Å². The molecule has 0 saturated heterocycles. The lowest BCUT2D eigenvalue weighted by Crippen LogP contribution is -2.37. The largest absolute Gasteiger partial charge is 0.448 e. The number of carbonyl (C=O) groups excluding carboxylic acids is 1. The Labute approximate surface area is 148 Å². The molecule has 2 heterocycles. The first-order valence-electron chi connectivity index (χ1n) is 9.13. The lowest BCUT2D eigenvalue weighted by molar-refractivity contribution is 0.0978. The number of ether oxygens (including phenoxy) is 1. The summed E-state index contributed by atoms with van der Waals surface area (Å²) in [5, 5.41) is 0. The lowest BCUT2D eigenvalue weighted by atomic mass is 9.85. The summed E-state index contributed by atoms with van der Waals surface area (Å²) < 4.78 is 10.8. The summed E-state index contributed by atoms with van der Waals surface area (Å²) >= 11 is 0. The zero-order valence-corrected chi connectivity index (χ0v) is 14.6. The summed E-state index contributed by atoms with van der Waals surface area (Å²) in [6.07, 6.45) is 6.89. The molecule has 1 aliphatic carbocycles. The highest BCUT2D eigenvalue weighted by atomic mass is 16.5. The second-order valence-corrected chi connectivity index (χ2v) is 6.98. The van der Waals surface area contributed by atoms with Gasteiger partial charge in [0.25, 0.3) is 5.91 Å². The molecule has 1 unspecified atom stereocenters. The Morgan fingerprint density at radius 3 is 2.92 bits per heavy atom. The third-order valence-electron chi connectivity index (χ3n) is 5.48. The third-order valence-corrected chi connectivity index (χ3v) is 5.48. The van der Waals surface area contributed by atoms with E-state index in [1.54, 1.807) is 7.11 Å². The van der Waals surface area contributed by atoms with Crippen LogP contribution in [0.3, 0.4) is 0 Å². The van der Waals surface area contributed by atoms with Crippen molar-refractivity contribution < 1.29 is 13.9 Å². The average Bonchev–Trinajstić information content (AvgIpc) is 3.07. The van der Waals surface area contributed by atoms with Crippen molar-refractivity contribution in [1.82, 2.24) is 4.98 Å². The maximum absolute atomic E-state index is 13.0. The predicted octanol–water partition coefficient (Wildman–Crippen LogP) is 4.11. The molecule has 2 aliphatic rings. The molecule has 0 bridgehead atoms. The fraction of sp³-hybridized carbons (Fsp3) is 0.500. The van der Waals surface area contributed by atoms with E-state index in [0.717, 1.165) is 43.9 Å². The Balaban J connectivity index is 1.57. The van der Waals surface area contributed by atoms with Gasteiger partial charge >= 0.3 is 0 Å². The Kier molecular flexibility index (Phi) is 4.57. The van der Waals surface area contributed by atoms with Crippen LogP contribution in [0.15, 0.2) is 34.9 Å². The van der Waals surface area contributed by atoms with Gasteiger partial charge in [0, 0.05) is 31.9 Å². The summed E-state index contributed by atoms with van der Waals surface area (Å²) in [5.41, 5.74) is 2.64. The van der Waals surface area contributed by atoms with Gasteiger partial charge in [0.1, 0.15) is 6.26 Å². The van der Waals surface area contributed by atoms with Crippen molar-refractivity contribution in [2.24, 2.45) is 0 Å². The van der Waals surface area contributed by atoms with Crippen molar-refractivity contribution in [1.29, 1.82) is 0 Å². The highest BCUT2D eigenvalue weighted by Crippen LogP contribution is 2.38. The van der Waals surface area contributed by atoms with Crippen molar-refractivity contribution in [3.8, 4) is 0 Å².